The van der Waals surface area contributed by atoms with Crippen LogP contribution in [0.1, 0.15) is 52.0 Å². The summed E-state index contributed by atoms with van der Waals surface area (Å²) in [5.41, 5.74) is -0.818. The third kappa shape index (κ3) is 5.17. The third-order valence-electron chi connectivity index (χ3n) is 3.52. The van der Waals surface area contributed by atoms with E-state index in [2.05, 4.69) is 4.72 Å². The minimum absolute atomic E-state index is 0.0580. The Labute approximate surface area is 159 Å². The highest BCUT2D eigenvalue weighted by molar-refractivity contribution is 7.89. The van der Waals surface area contributed by atoms with Gasteiger partial charge in [0.2, 0.25) is 10.0 Å². The molecule has 27 heavy (non-hydrogen) atoms. The molecule has 0 saturated heterocycles. The Balaban J connectivity index is 2.35. The highest BCUT2D eigenvalue weighted by Gasteiger charge is 2.26. The molecular weight excluding hydrogens is 371 g/mol. The van der Waals surface area contributed by atoms with E-state index in [1.54, 1.807) is 43.7 Å². The summed E-state index contributed by atoms with van der Waals surface area (Å²) in [6.45, 7) is 10.7. The fourth-order valence-corrected chi connectivity index (χ4v) is 4.01. The van der Waals surface area contributed by atoms with Gasteiger partial charge in [-0.2, -0.15) is 0 Å². The molecule has 8 heteroatoms. The number of hydrogen-bond donors (Lipinski definition) is 1. The van der Waals surface area contributed by atoms with Gasteiger partial charge in [-0.15, -0.1) is 0 Å². The number of hydrogen-bond acceptors (Lipinski definition) is 4. The van der Waals surface area contributed by atoms with Crippen molar-refractivity contribution in [3.05, 3.63) is 48.0 Å². The van der Waals surface area contributed by atoms with Crippen LogP contribution >= 0.6 is 0 Å². The highest BCUT2D eigenvalue weighted by atomic mass is 32.2. The van der Waals surface area contributed by atoms with E-state index in [9.17, 15) is 17.6 Å². The fourth-order valence-electron chi connectivity index (χ4n) is 2.50. The van der Waals surface area contributed by atoms with Crippen LogP contribution in [-0.2, 0) is 15.6 Å². The summed E-state index contributed by atoms with van der Waals surface area (Å²) in [5, 5.41) is 0. The van der Waals surface area contributed by atoms with Crippen LogP contribution in [0.15, 0.2) is 41.4 Å². The zero-order valence-electron chi connectivity index (χ0n) is 16.3. The number of esters is 1. The molecule has 0 spiro atoms. The van der Waals surface area contributed by atoms with Gasteiger partial charge < -0.3 is 9.30 Å². The van der Waals surface area contributed by atoms with Crippen LogP contribution < -0.4 is 9.46 Å². The van der Waals surface area contributed by atoms with Crippen LogP contribution in [0, 0.1) is 5.82 Å². The van der Waals surface area contributed by atoms with Gasteiger partial charge in [-0.1, -0.05) is 0 Å². The zero-order valence-corrected chi connectivity index (χ0v) is 17.1. The van der Waals surface area contributed by atoms with Gasteiger partial charge >= 0.3 is 5.97 Å². The summed E-state index contributed by atoms with van der Waals surface area (Å²) < 4.78 is 48.4. The largest absolute Gasteiger partial charge is 0.422 e. The first-order valence-corrected chi connectivity index (χ1v) is 9.92. The number of carbonyl (C=O) groups is 1. The molecule has 1 aromatic carbocycles. The second kappa shape index (κ2) is 7.09. The molecule has 0 bridgehead atoms. The van der Waals surface area contributed by atoms with Crippen LogP contribution in [0.2, 0.25) is 0 Å². The molecule has 1 aromatic heterocycles. The van der Waals surface area contributed by atoms with Crippen molar-refractivity contribution in [2.45, 2.75) is 57.5 Å². The van der Waals surface area contributed by atoms with Gasteiger partial charge in [0, 0.05) is 23.3 Å². The standard InChI is InChI=1S/C19H25FN2O4S/c1-18(2,3)21-27(24,25)16-12-13(9-10-14(16)20)26-17(23)15-8-7-11-22(15)19(4,5)6/h7-12,21H,1-6H3. The average molecular weight is 396 g/mol. The molecule has 148 valence electrons. The summed E-state index contributed by atoms with van der Waals surface area (Å²) in [6.07, 6.45) is 1.75. The fraction of sp³-hybridized carbons (Fsp3) is 0.421. The van der Waals surface area contributed by atoms with Crippen molar-refractivity contribution >= 4 is 16.0 Å². The third-order valence-corrected chi connectivity index (χ3v) is 5.30. The number of nitrogens with one attached hydrogen (secondary N) is 1. The second-order valence-electron chi connectivity index (χ2n) is 8.27. The minimum Gasteiger partial charge on any atom is -0.422 e. The van der Waals surface area contributed by atoms with Crippen molar-refractivity contribution < 1.29 is 22.3 Å². The van der Waals surface area contributed by atoms with Crippen molar-refractivity contribution in [2.24, 2.45) is 0 Å². The molecule has 6 nitrogen and oxygen atoms in total. The Kier molecular flexibility index (Phi) is 5.54. The maximum atomic E-state index is 14.1. The summed E-state index contributed by atoms with van der Waals surface area (Å²) >= 11 is 0. The molecule has 2 aromatic rings. The van der Waals surface area contributed by atoms with Gasteiger partial charge in [-0.25, -0.2) is 22.3 Å². The normalized spacial score (nSPS) is 12.9. The predicted octanol–water partition coefficient (Wildman–Crippen LogP) is 3.68. The zero-order chi connectivity index (χ0) is 20.6. The molecule has 0 fully saturated rings. The molecule has 0 atom stereocenters. The quantitative estimate of drug-likeness (QED) is 0.632. The van der Waals surface area contributed by atoms with E-state index in [-0.39, 0.29) is 11.3 Å². The smallest absolute Gasteiger partial charge is 0.360 e. The maximum absolute atomic E-state index is 14.1. The minimum atomic E-state index is -4.11. The van der Waals surface area contributed by atoms with Crippen LogP contribution in [-0.4, -0.2) is 24.5 Å². The van der Waals surface area contributed by atoms with Gasteiger partial charge in [0.15, 0.2) is 0 Å². The van der Waals surface area contributed by atoms with Crippen molar-refractivity contribution in [2.75, 3.05) is 0 Å². The lowest BCUT2D eigenvalue weighted by Gasteiger charge is -2.23. The number of ether oxygens (including phenoxy) is 1. The highest BCUT2D eigenvalue weighted by Crippen LogP contribution is 2.24. The molecular formula is C19H25FN2O4S. The number of rotatable bonds is 4. The predicted molar refractivity (Wildman–Crippen MR) is 101 cm³/mol. The van der Waals surface area contributed by atoms with E-state index in [0.717, 1.165) is 12.1 Å². The first-order valence-electron chi connectivity index (χ1n) is 8.44. The summed E-state index contributed by atoms with van der Waals surface area (Å²) in [4.78, 5) is 11.9. The van der Waals surface area contributed by atoms with Crippen LogP contribution in [0.4, 0.5) is 4.39 Å². The van der Waals surface area contributed by atoms with Crippen molar-refractivity contribution in [3.8, 4) is 5.75 Å². The van der Waals surface area contributed by atoms with Gasteiger partial charge in [0.1, 0.15) is 22.2 Å². The number of sulfonamides is 1. The van der Waals surface area contributed by atoms with Gasteiger partial charge in [0.05, 0.1) is 0 Å². The Morgan fingerprint density at radius 2 is 1.74 bits per heavy atom. The van der Waals surface area contributed by atoms with Crippen molar-refractivity contribution in [3.63, 3.8) is 0 Å². The topological polar surface area (TPSA) is 77.4 Å². The Morgan fingerprint density at radius 1 is 1.11 bits per heavy atom. The molecule has 0 aliphatic rings. The molecule has 0 saturated carbocycles. The number of aromatic nitrogens is 1. The van der Waals surface area contributed by atoms with Crippen LogP contribution in [0.25, 0.3) is 0 Å². The lowest BCUT2D eigenvalue weighted by molar-refractivity contribution is 0.0716. The summed E-state index contributed by atoms with van der Waals surface area (Å²) in [5.74, 6) is -1.64. The van der Waals surface area contributed by atoms with E-state index >= 15 is 0 Å². The average Bonchev–Trinajstić information content (AvgIpc) is 2.96. The first kappa shape index (κ1) is 21.1. The molecule has 1 heterocycles. The number of nitrogens with zero attached hydrogens (tertiary/aromatic N) is 1. The molecule has 0 unspecified atom stereocenters. The second-order valence-corrected chi connectivity index (χ2v) is 9.92. The van der Waals surface area contributed by atoms with Crippen molar-refractivity contribution in [1.29, 1.82) is 0 Å². The van der Waals surface area contributed by atoms with Gasteiger partial charge in [0.25, 0.3) is 0 Å². The van der Waals surface area contributed by atoms with E-state index < -0.39 is 32.2 Å². The van der Waals surface area contributed by atoms with E-state index in [1.165, 1.54) is 6.07 Å². The maximum Gasteiger partial charge on any atom is 0.360 e. The molecule has 0 aliphatic heterocycles. The molecule has 2 rings (SSSR count). The van der Waals surface area contributed by atoms with E-state index in [4.69, 9.17) is 4.74 Å². The SMILES string of the molecule is CC(C)(C)NS(=O)(=O)c1cc(OC(=O)c2cccn2C(C)(C)C)ccc1F. The van der Waals surface area contributed by atoms with E-state index in [1.807, 2.05) is 20.8 Å². The number of carbonyl (C=O) groups excluding carboxylic acids is 1. The van der Waals surface area contributed by atoms with Gasteiger partial charge in [-0.05, 0) is 65.8 Å². The molecule has 0 amide bonds. The number of halogens is 1. The lowest BCUT2D eigenvalue weighted by atomic mass is 10.1. The Morgan fingerprint density at radius 3 is 2.30 bits per heavy atom. The monoisotopic (exact) mass is 396 g/mol. The molecule has 1 N–H and O–H groups in total. The Hall–Kier alpha value is -2.19. The first-order chi connectivity index (χ1) is 12.2. The summed E-state index contributed by atoms with van der Waals surface area (Å²) in [7, 11) is -4.11. The van der Waals surface area contributed by atoms with E-state index in [0.29, 0.717) is 5.69 Å². The lowest BCUT2D eigenvalue weighted by Crippen LogP contribution is -2.40. The van der Waals surface area contributed by atoms with Crippen molar-refractivity contribution in [1.82, 2.24) is 9.29 Å². The molecule has 0 radical (unpaired) electrons. The van der Waals surface area contributed by atoms with Gasteiger partial charge in [-0.3, -0.25) is 0 Å². The Bertz CT molecular complexity index is 951. The molecule has 0 aliphatic carbocycles. The van der Waals surface area contributed by atoms with Crippen LogP contribution in [0.5, 0.6) is 5.75 Å². The van der Waals surface area contributed by atoms with Crippen LogP contribution in [0.3, 0.4) is 0 Å². The number of benzene rings is 1. The summed E-state index contributed by atoms with van der Waals surface area (Å²) in [6, 6.07) is 6.51.